The summed E-state index contributed by atoms with van der Waals surface area (Å²) in [5.41, 5.74) is 7.87. The Labute approximate surface area is 71.4 Å². The van der Waals surface area contributed by atoms with Crippen LogP contribution >= 0.6 is 0 Å². The van der Waals surface area contributed by atoms with Crippen molar-refractivity contribution in [2.45, 2.75) is 0 Å². The molecule has 0 saturated heterocycles. The van der Waals surface area contributed by atoms with Gasteiger partial charge in [-0.25, -0.2) is 0 Å². The van der Waals surface area contributed by atoms with Gasteiger partial charge in [-0.15, -0.1) is 0 Å². The molecular formula is C10H10N2. The van der Waals surface area contributed by atoms with Crippen molar-refractivity contribution in [3.63, 3.8) is 0 Å². The Morgan fingerprint density at radius 1 is 1.17 bits per heavy atom. The van der Waals surface area contributed by atoms with Crippen molar-refractivity contribution in [1.82, 2.24) is 0 Å². The van der Waals surface area contributed by atoms with Gasteiger partial charge in [0.1, 0.15) is 5.82 Å². The van der Waals surface area contributed by atoms with Crippen LogP contribution in [0.3, 0.4) is 0 Å². The van der Waals surface area contributed by atoms with E-state index in [0.29, 0.717) is 5.82 Å². The van der Waals surface area contributed by atoms with Crippen LogP contribution in [0.1, 0.15) is 5.56 Å². The average molecular weight is 158 g/mol. The summed E-state index contributed by atoms with van der Waals surface area (Å²) in [6.07, 6.45) is 5.82. The van der Waals surface area contributed by atoms with Crippen LogP contribution in [0.2, 0.25) is 0 Å². The lowest BCUT2D eigenvalue weighted by molar-refractivity contribution is 1.31. The third kappa shape index (κ3) is 1.19. The van der Waals surface area contributed by atoms with Crippen molar-refractivity contribution in [2.75, 3.05) is 5.32 Å². The van der Waals surface area contributed by atoms with Crippen molar-refractivity contribution >= 4 is 11.8 Å². The van der Waals surface area contributed by atoms with Crippen LogP contribution in [-0.4, -0.2) is 0 Å². The highest BCUT2D eigenvalue weighted by Gasteiger charge is 2.00. The molecule has 0 radical (unpaired) electrons. The van der Waals surface area contributed by atoms with E-state index in [9.17, 15) is 0 Å². The highest BCUT2D eigenvalue weighted by molar-refractivity contribution is 5.70. The number of para-hydroxylation sites is 1. The smallest absolute Gasteiger partial charge is 0.100 e. The number of benzene rings is 1. The van der Waals surface area contributed by atoms with E-state index in [4.69, 9.17) is 5.73 Å². The van der Waals surface area contributed by atoms with E-state index in [0.717, 1.165) is 11.3 Å². The minimum absolute atomic E-state index is 0.677. The fraction of sp³-hybridized carbons (Fsp3) is 0. The van der Waals surface area contributed by atoms with Gasteiger partial charge in [0.25, 0.3) is 0 Å². The van der Waals surface area contributed by atoms with Crippen molar-refractivity contribution in [3.05, 3.63) is 47.8 Å². The molecular weight excluding hydrogens is 148 g/mol. The molecule has 2 rings (SSSR count). The van der Waals surface area contributed by atoms with Gasteiger partial charge in [-0.1, -0.05) is 30.4 Å². The second kappa shape index (κ2) is 2.74. The number of nitrogens with two attached hydrogens (primary N) is 1. The maximum atomic E-state index is 5.65. The largest absolute Gasteiger partial charge is 0.385 e. The molecule has 0 amide bonds. The second-order valence-corrected chi connectivity index (χ2v) is 2.69. The van der Waals surface area contributed by atoms with E-state index in [2.05, 4.69) is 5.32 Å². The lowest BCUT2D eigenvalue weighted by Crippen LogP contribution is -2.08. The summed E-state index contributed by atoms with van der Waals surface area (Å²) in [6.45, 7) is 0. The van der Waals surface area contributed by atoms with Gasteiger partial charge in [-0.2, -0.15) is 0 Å². The van der Waals surface area contributed by atoms with Gasteiger partial charge < -0.3 is 11.1 Å². The quantitative estimate of drug-likeness (QED) is 0.605. The minimum Gasteiger partial charge on any atom is -0.385 e. The first-order valence-corrected chi connectivity index (χ1v) is 3.86. The number of hydrogen-bond acceptors (Lipinski definition) is 2. The van der Waals surface area contributed by atoms with E-state index in [-0.39, 0.29) is 0 Å². The summed E-state index contributed by atoms with van der Waals surface area (Å²) in [5, 5.41) is 3.10. The van der Waals surface area contributed by atoms with Crippen molar-refractivity contribution in [2.24, 2.45) is 5.73 Å². The van der Waals surface area contributed by atoms with Crippen LogP contribution in [0.5, 0.6) is 0 Å². The van der Waals surface area contributed by atoms with Crippen molar-refractivity contribution in [1.29, 1.82) is 0 Å². The summed E-state index contributed by atoms with van der Waals surface area (Å²) in [6, 6.07) is 8.04. The molecule has 12 heavy (non-hydrogen) atoms. The van der Waals surface area contributed by atoms with E-state index in [1.807, 2.05) is 42.5 Å². The average Bonchev–Trinajstić information content (AvgIpc) is 2.25. The minimum atomic E-state index is 0.677. The monoisotopic (exact) mass is 158 g/mol. The number of fused-ring (bicyclic) bond motifs is 1. The lowest BCUT2D eigenvalue weighted by atomic mass is 10.2. The first-order valence-electron chi connectivity index (χ1n) is 3.86. The molecule has 1 aromatic rings. The Balaban J connectivity index is 2.49. The number of nitrogens with one attached hydrogen (secondary N) is 1. The SMILES string of the molecule is NC1=CC=Cc2ccccc2N1. The summed E-state index contributed by atoms with van der Waals surface area (Å²) in [5.74, 6) is 0.677. The number of allylic oxidation sites excluding steroid dienone is 2. The van der Waals surface area contributed by atoms with E-state index < -0.39 is 0 Å². The zero-order chi connectivity index (χ0) is 8.39. The molecule has 1 aliphatic rings. The predicted molar refractivity (Wildman–Crippen MR) is 51.4 cm³/mol. The topological polar surface area (TPSA) is 38.0 Å². The van der Waals surface area contributed by atoms with Crippen LogP contribution in [-0.2, 0) is 0 Å². The Kier molecular flexibility index (Phi) is 1.59. The Bertz CT molecular complexity index is 351. The van der Waals surface area contributed by atoms with E-state index in [1.165, 1.54) is 0 Å². The van der Waals surface area contributed by atoms with Gasteiger partial charge in [0.15, 0.2) is 0 Å². The van der Waals surface area contributed by atoms with Crippen molar-refractivity contribution < 1.29 is 0 Å². The summed E-state index contributed by atoms with van der Waals surface area (Å²) in [7, 11) is 0. The molecule has 1 heterocycles. The number of hydrogen-bond donors (Lipinski definition) is 2. The molecule has 0 fully saturated rings. The van der Waals surface area contributed by atoms with Gasteiger partial charge in [0, 0.05) is 5.69 Å². The normalized spacial score (nSPS) is 14.2. The molecule has 0 aromatic heterocycles. The number of rotatable bonds is 0. The van der Waals surface area contributed by atoms with Gasteiger partial charge >= 0.3 is 0 Å². The van der Waals surface area contributed by atoms with Gasteiger partial charge in [-0.05, 0) is 17.7 Å². The van der Waals surface area contributed by atoms with Crippen LogP contribution in [0.25, 0.3) is 6.08 Å². The number of anilines is 1. The van der Waals surface area contributed by atoms with Crippen LogP contribution in [0, 0.1) is 0 Å². The fourth-order valence-corrected chi connectivity index (χ4v) is 1.21. The molecule has 2 heteroatoms. The predicted octanol–water partition coefficient (Wildman–Crippen LogP) is 1.93. The summed E-state index contributed by atoms with van der Waals surface area (Å²) < 4.78 is 0. The molecule has 0 unspecified atom stereocenters. The maximum Gasteiger partial charge on any atom is 0.100 e. The zero-order valence-electron chi connectivity index (χ0n) is 6.62. The standard InChI is InChI=1S/C10H10N2/c11-10-7-3-5-8-4-1-2-6-9(8)12-10/h1-7,12H,11H2. The Morgan fingerprint density at radius 3 is 2.92 bits per heavy atom. The molecule has 1 aliphatic heterocycles. The molecule has 60 valence electrons. The third-order valence-corrected chi connectivity index (χ3v) is 1.79. The molecule has 0 spiro atoms. The first kappa shape index (κ1) is 6.98. The molecule has 0 atom stereocenters. The fourth-order valence-electron chi connectivity index (χ4n) is 1.21. The molecule has 0 saturated carbocycles. The second-order valence-electron chi connectivity index (χ2n) is 2.69. The molecule has 3 N–H and O–H groups in total. The van der Waals surface area contributed by atoms with Crippen LogP contribution in [0.15, 0.2) is 42.2 Å². The highest BCUT2D eigenvalue weighted by atomic mass is 15.0. The zero-order valence-corrected chi connectivity index (χ0v) is 6.62. The molecule has 2 nitrogen and oxygen atoms in total. The molecule has 0 aliphatic carbocycles. The summed E-state index contributed by atoms with van der Waals surface area (Å²) in [4.78, 5) is 0. The Morgan fingerprint density at radius 2 is 2.00 bits per heavy atom. The highest BCUT2D eigenvalue weighted by Crippen LogP contribution is 2.19. The molecule has 0 bridgehead atoms. The third-order valence-electron chi connectivity index (χ3n) is 1.79. The van der Waals surface area contributed by atoms with Crippen LogP contribution in [0.4, 0.5) is 5.69 Å². The van der Waals surface area contributed by atoms with Gasteiger partial charge in [-0.3, -0.25) is 0 Å². The van der Waals surface area contributed by atoms with E-state index in [1.54, 1.807) is 0 Å². The summed E-state index contributed by atoms with van der Waals surface area (Å²) >= 11 is 0. The van der Waals surface area contributed by atoms with Gasteiger partial charge in [0.05, 0.1) is 0 Å². The maximum absolute atomic E-state index is 5.65. The molecule has 1 aromatic carbocycles. The van der Waals surface area contributed by atoms with Gasteiger partial charge in [0.2, 0.25) is 0 Å². The first-order chi connectivity index (χ1) is 5.86. The van der Waals surface area contributed by atoms with E-state index >= 15 is 0 Å². The Hall–Kier alpha value is -1.70. The van der Waals surface area contributed by atoms with Crippen molar-refractivity contribution in [3.8, 4) is 0 Å². The van der Waals surface area contributed by atoms with Crippen LogP contribution < -0.4 is 11.1 Å². The lowest BCUT2D eigenvalue weighted by Gasteiger charge is -2.06.